The van der Waals surface area contributed by atoms with E-state index in [1.165, 1.54) is 18.2 Å². The number of halogens is 1. The fourth-order valence-electron chi connectivity index (χ4n) is 2.51. The van der Waals surface area contributed by atoms with Gasteiger partial charge in [0.15, 0.2) is 0 Å². The molecule has 0 spiro atoms. The summed E-state index contributed by atoms with van der Waals surface area (Å²) in [7, 11) is 0. The Hall–Kier alpha value is -1.91. The number of hydrogen-bond donors (Lipinski definition) is 2. The van der Waals surface area contributed by atoms with E-state index in [1.54, 1.807) is 6.07 Å². The molecule has 1 fully saturated rings. The van der Waals surface area contributed by atoms with Gasteiger partial charge in [-0.2, -0.15) is 0 Å². The third-order valence-corrected chi connectivity index (χ3v) is 3.76. The van der Waals surface area contributed by atoms with Crippen LogP contribution in [-0.2, 0) is 9.59 Å². The first kappa shape index (κ1) is 14.5. The summed E-state index contributed by atoms with van der Waals surface area (Å²) in [5, 5.41) is 5.02. The van der Waals surface area contributed by atoms with Crippen LogP contribution in [0.3, 0.4) is 0 Å². The average Bonchev–Trinajstić information content (AvgIpc) is 2.43. The van der Waals surface area contributed by atoms with Crippen LogP contribution >= 0.6 is 0 Å². The molecule has 0 radical (unpaired) electrons. The highest BCUT2D eigenvalue weighted by Crippen LogP contribution is 2.23. The zero-order valence-electron chi connectivity index (χ0n) is 11.5. The van der Waals surface area contributed by atoms with Crippen LogP contribution in [0, 0.1) is 11.7 Å². The summed E-state index contributed by atoms with van der Waals surface area (Å²) >= 11 is 0. The highest BCUT2D eigenvalue weighted by Gasteiger charge is 2.25. The first-order valence-corrected chi connectivity index (χ1v) is 6.94. The first-order chi connectivity index (χ1) is 9.58. The van der Waals surface area contributed by atoms with Crippen molar-refractivity contribution >= 4 is 17.5 Å². The molecule has 20 heavy (non-hydrogen) atoms. The van der Waals surface area contributed by atoms with Crippen LogP contribution < -0.4 is 10.6 Å². The average molecular weight is 278 g/mol. The Balaban J connectivity index is 1.92. The molecule has 1 aliphatic rings. The number of carbonyl (C=O) groups is 2. The number of amides is 2. The molecule has 1 saturated carbocycles. The highest BCUT2D eigenvalue weighted by atomic mass is 19.1. The largest absolute Gasteiger partial charge is 0.345 e. The van der Waals surface area contributed by atoms with Gasteiger partial charge < -0.3 is 10.6 Å². The maximum absolute atomic E-state index is 13.4. The molecule has 0 saturated heterocycles. The van der Waals surface area contributed by atoms with E-state index in [0.29, 0.717) is 5.92 Å². The minimum absolute atomic E-state index is 0.0179. The van der Waals surface area contributed by atoms with Crippen molar-refractivity contribution in [2.24, 2.45) is 5.92 Å². The van der Waals surface area contributed by atoms with Crippen molar-refractivity contribution in [1.82, 2.24) is 5.32 Å². The van der Waals surface area contributed by atoms with E-state index >= 15 is 0 Å². The van der Waals surface area contributed by atoms with Gasteiger partial charge in [-0.3, -0.25) is 9.59 Å². The minimum Gasteiger partial charge on any atom is -0.345 e. The fourth-order valence-corrected chi connectivity index (χ4v) is 2.51. The van der Waals surface area contributed by atoms with Gasteiger partial charge in [0.25, 0.3) is 0 Å². The number of carbonyl (C=O) groups excluding carboxylic acids is 2. The molecule has 0 heterocycles. The number of anilines is 1. The quantitative estimate of drug-likeness (QED) is 0.816. The summed E-state index contributed by atoms with van der Waals surface area (Å²) in [5.41, 5.74) is 0.0179. The van der Waals surface area contributed by atoms with Crippen LogP contribution in [0.5, 0.6) is 0 Å². The molecule has 1 aliphatic carbocycles. The van der Waals surface area contributed by atoms with Crippen molar-refractivity contribution in [1.29, 1.82) is 0 Å². The standard InChI is InChI=1S/C15H19FN2O2/c1-10-6-2-4-8-12(10)17-14(19)15(20)18-13-9-5-3-7-11(13)16/h3,5,7,9-10,12H,2,4,6,8H2,1H3,(H,17,19)(H,18,20)/t10-,12-/m0/s1. The van der Waals surface area contributed by atoms with E-state index in [9.17, 15) is 14.0 Å². The van der Waals surface area contributed by atoms with Crippen molar-refractivity contribution in [3.05, 3.63) is 30.1 Å². The highest BCUT2D eigenvalue weighted by molar-refractivity contribution is 6.39. The lowest BCUT2D eigenvalue weighted by molar-refractivity contribution is -0.137. The molecule has 4 nitrogen and oxygen atoms in total. The molecule has 0 aliphatic heterocycles. The van der Waals surface area contributed by atoms with E-state index in [2.05, 4.69) is 17.6 Å². The van der Waals surface area contributed by atoms with Gasteiger partial charge in [-0.1, -0.05) is 31.9 Å². The van der Waals surface area contributed by atoms with Crippen molar-refractivity contribution in [2.45, 2.75) is 38.6 Å². The van der Waals surface area contributed by atoms with Crippen LogP contribution in [0.25, 0.3) is 0 Å². The van der Waals surface area contributed by atoms with Crippen LogP contribution in [0.15, 0.2) is 24.3 Å². The lowest BCUT2D eigenvalue weighted by Crippen LogP contribution is -2.45. The molecule has 0 bridgehead atoms. The molecule has 2 N–H and O–H groups in total. The molecule has 108 valence electrons. The Bertz CT molecular complexity index is 504. The second-order valence-corrected chi connectivity index (χ2v) is 5.28. The summed E-state index contributed by atoms with van der Waals surface area (Å²) in [5.74, 6) is -1.71. The number of rotatable bonds is 2. The summed E-state index contributed by atoms with van der Waals surface area (Å²) in [6, 6.07) is 5.80. The van der Waals surface area contributed by atoms with E-state index in [1.807, 2.05) is 0 Å². The SMILES string of the molecule is C[C@H]1CCCC[C@@H]1NC(=O)C(=O)Nc1ccccc1F. The van der Waals surface area contributed by atoms with Crippen molar-refractivity contribution in [3.8, 4) is 0 Å². The Morgan fingerprint density at radius 2 is 1.85 bits per heavy atom. The lowest BCUT2D eigenvalue weighted by Gasteiger charge is -2.29. The summed E-state index contributed by atoms with van der Waals surface area (Å²) in [6.45, 7) is 2.07. The zero-order valence-corrected chi connectivity index (χ0v) is 11.5. The van der Waals surface area contributed by atoms with E-state index in [4.69, 9.17) is 0 Å². The van der Waals surface area contributed by atoms with Gasteiger partial charge in [0, 0.05) is 6.04 Å². The van der Waals surface area contributed by atoms with Gasteiger partial charge in [0.05, 0.1) is 5.69 Å². The number of benzene rings is 1. The smallest absolute Gasteiger partial charge is 0.313 e. The monoisotopic (exact) mass is 278 g/mol. The fraction of sp³-hybridized carbons (Fsp3) is 0.467. The van der Waals surface area contributed by atoms with Gasteiger partial charge in [-0.15, -0.1) is 0 Å². The molecule has 0 aromatic heterocycles. The summed E-state index contributed by atoms with van der Waals surface area (Å²) in [6.07, 6.45) is 4.17. The van der Waals surface area contributed by atoms with E-state index in [-0.39, 0.29) is 11.7 Å². The minimum atomic E-state index is -0.826. The third kappa shape index (κ3) is 3.56. The van der Waals surface area contributed by atoms with Crippen LogP contribution in [0.2, 0.25) is 0 Å². The maximum Gasteiger partial charge on any atom is 0.313 e. The van der Waals surface area contributed by atoms with Crippen LogP contribution in [0.1, 0.15) is 32.6 Å². The zero-order chi connectivity index (χ0) is 14.5. The predicted octanol–water partition coefficient (Wildman–Crippen LogP) is 2.46. The van der Waals surface area contributed by atoms with Gasteiger partial charge >= 0.3 is 11.8 Å². The van der Waals surface area contributed by atoms with Gasteiger partial charge in [0.2, 0.25) is 0 Å². The third-order valence-electron chi connectivity index (χ3n) is 3.76. The molecule has 5 heteroatoms. The first-order valence-electron chi connectivity index (χ1n) is 6.94. The topological polar surface area (TPSA) is 58.2 Å². The molecular weight excluding hydrogens is 259 g/mol. The second-order valence-electron chi connectivity index (χ2n) is 5.28. The van der Waals surface area contributed by atoms with E-state index < -0.39 is 17.6 Å². The molecule has 2 amide bonds. The molecule has 1 aromatic carbocycles. The number of hydrogen-bond acceptors (Lipinski definition) is 2. The van der Waals surface area contributed by atoms with Crippen molar-refractivity contribution in [2.75, 3.05) is 5.32 Å². The molecule has 1 aromatic rings. The second kappa shape index (κ2) is 6.50. The Kier molecular flexibility index (Phi) is 4.71. The summed E-state index contributed by atoms with van der Waals surface area (Å²) < 4.78 is 13.4. The normalized spacial score (nSPS) is 22.1. The maximum atomic E-state index is 13.4. The number of para-hydroxylation sites is 1. The van der Waals surface area contributed by atoms with E-state index in [0.717, 1.165) is 25.7 Å². The molecule has 2 rings (SSSR count). The number of nitrogens with one attached hydrogen (secondary N) is 2. The molecular formula is C15H19FN2O2. The van der Waals surface area contributed by atoms with Gasteiger partial charge in [0.1, 0.15) is 5.82 Å². The van der Waals surface area contributed by atoms with Gasteiger partial charge in [-0.05, 0) is 30.9 Å². The Labute approximate surface area is 117 Å². The molecule has 0 unspecified atom stereocenters. The summed E-state index contributed by atoms with van der Waals surface area (Å²) in [4.78, 5) is 23.6. The predicted molar refractivity (Wildman–Crippen MR) is 74.6 cm³/mol. The lowest BCUT2D eigenvalue weighted by atomic mass is 9.86. The Morgan fingerprint density at radius 1 is 1.15 bits per heavy atom. The van der Waals surface area contributed by atoms with Crippen LogP contribution in [0.4, 0.5) is 10.1 Å². The van der Waals surface area contributed by atoms with Crippen LogP contribution in [-0.4, -0.2) is 17.9 Å². The Morgan fingerprint density at radius 3 is 2.55 bits per heavy atom. The molecule has 2 atom stereocenters. The van der Waals surface area contributed by atoms with Crippen molar-refractivity contribution < 1.29 is 14.0 Å². The van der Waals surface area contributed by atoms with Crippen molar-refractivity contribution in [3.63, 3.8) is 0 Å². The van der Waals surface area contributed by atoms with Gasteiger partial charge in [-0.25, -0.2) is 4.39 Å².